The van der Waals surface area contributed by atoms with E-state index in [9.17, 15) is 15.2 Å². The zero-order valence-corrected chi connectivity index (χ0v) is 13.0. The maximum Gasteiger partial charge on any atom is 0.181 e. The zero-order chi connectivity index (χ0) is 16.7. The number of rotatable bonds is 5. The van der Waals surface area contributed by atoms with Crippen LogP contribution in [0, 0.1) is 11.3 Å². The minimum absolute atomic E-state index is 0.0519. The summed E-state index contributed by atoms with van der Waals surface area (Å²) in [6.45, 7) is 6.15. The van der Waals surface area contributed by atoms with Gasteiger partial charge in [0, 0.05) is 12.5 Å². The van der Waals surface area contributed by atoms with E-state index in [4.69, 9.17) is 4.42 Å². The maximum absolute atomic E-state index is 11.4. The molecule has 0 atom stereocenters. The molecule has 0 saturated heterocycles. The fraction of sp³-hybridized carbons (Fsp3) is 0.235. The number of carbonyl (C=O) groups is 1. The molecular formula is C17H18N2O3. The van der Waals surface area contributed by atoms with Gasteiger partial charge in [0.05, 0.1) is 23.8 Å². The van der Waals surface area contributed by atoms with Crippen molar-refractivity contribution in [1.82, 2.24) is 0 Å². The molecule has 0 aliphatic heterocycles. The van der Waals surface area contributed by atoms with Crippen LogP contribution in [-0.2, 0) is 4.79 Å². The van der Waals surface area contributed by atoms with Crippen molar-refractivity contribution in [1.29, 1.82) is 5.26 Å². The van der Waals surface area contributed by atoms with Gasteiger partial charge in [-0.1, -0.05) is 6.08 Å². The number of ketones is 1. The zero-order valence-electron chi connectivity index (χ0n) is 13.0. The van der Waals surface area contributed by atoms with Crippen LogP contribution in [-0.4, -0.2) is 16.6 Å². The van der Waals surface area contributed by atoms with E-state index in [-0.39, 0.29) is 17.2 Å². The van der Waals surface area contributed by atoms with Gasteiger partial charge in [-0.25, -0.2) is 4.99 Å². The Hall–Kier alpha value is -2.87. The van der Waals surface area contributed by atoms with Crippen molar-refractivity contribution in [2.24, 2.45) is 4.99 Å². The molecule has 0 aliphatic carbocycles. The number of carbonyl (C=O) groups excluding carboxylic acids is 1. The Balaban J connectivity index is 3.26. The van der Waals surface area contributed by atoms with Crippen LogP contribution in [0.15, 0.2) is 57.2 Å². The molecule has 114 valence electrons. The van der Waals surface area contributed by atoms with Crippen LogP contribution in [0.5, 0.6) is 0 Å². The molecule has 22 heavy (non-hydrogen) atoms. The summed E-state index contributed by atoms with van der Waals surface area (Å²) < 4.78 is 5.03. The number of aliphatic hydroxyl groups excluding tert-OH is 1. The number of hydrogen-bond donors (Lipinski definition) is 1. The second-order valence-corrected chi connectivity index (χ2v) is 4.61. The van der Waals surface area contributed by atoms with Crippen molar-refractivity contribution >= 4 is 17.1 Å². The Labute approximate surface area is 129 Å². The van der Waals surface area contributed by atoms with Gasteiger partial charge < -0.3 is 9.52 Å². The lowest BCUT2D eigenvalue weighted by Crippen LogP contribution is -2.03. The van der Waals surface area contributed by atoms with Gasteiger partial charge >= 0.3 is 0 Å². The van der Waals surface area contributed by atoms with E-state index in [1.165, 1.54) is 13.8 Å². The highest BCUT2D eigenvalue weighted by molar-refractivity contribution is 6.07. The quantitative estimate of drug-likeness (QED) is 0.293. The van der Waals surface area contributed by atoms with E-state index in [2.05, 4.69) is 11.1 Å². The number of furan rings is 1. The van der Waals surface area contributed by atoms with Crippen molar-refractivity contribution < 1.29 is 14.3 Å². The molecule has 0 fully saturated rings. The van der Waals surface area contributed by atoms with Crippen LogP contribution in [0.1, 0.15) is 33.3 Å². The van der Waals surface area contributed by atoms with Gasteiger partial charge in [0.25, 0.3) is 0 Å². The lowest BCUT2D eigenvalue weighted by molar-refractivity contribution is -0.113. The summed E-state index contributed by atoms with van der Waals surface area (Å²) in [5, 5.41) is 18.8. The first-order valence-corrected chi connectivity index (χ1v) is 6.67. The summed E-state index contributed by atoms with van der Waals surface area (Å²) in [5.41, 5.74) is 2.24. The third-order valence-electron chi connectivity index (χ3n) is 2.93. The Morgan fingerprint density at radius 1 is 1.41 bits per heavy atom. The largest absolute Gasteiger partial charge is 0.510 e. The van der Waals surface area contributed by atoms with Gasteiger partial charge in [0.15, 0.2) is 5.78 Å². The summed E-state index contributed by atoms with van der Waals surface area (Å²) in [5.74, 6) is -0.539. The topological polar surface area (TPSA) is 86.6 Å². The maximum atomic E-state index is 11.4. The van der Waals surface area contributed by atoms with Crippen LogP contribution in [0.25, 0.3) is 5.57 Å². The molecule has 1 rings (SSSR count). The molecule has 0 aromatic carbocycles. The number of aliphatic hydroxyl groups is 1. The predicted molar refractivity (Wildman–Crippen MR) is 85.2 cm³/mol. The van der Waals surface area contributed by atoms with Crippen molar-refractivity contribution in [2.45, 2.75) is 27.7 Å². The van der Waals surface area contributed by atoms with Crippen molar-refractivity contribution in [3.8, 4) is 6.07 Å². The third-order valence-corrected chi connectivity index (χ3v) is 2.93. The van der Waals surface area contributed by atoms with Crippen LogP contribution < -0.4 is 0 Å². The van der Waals surface area contributed by atoms with E-state index >= 15 is 0 Å². The average molecular weight is 298 g/mol. The van der Waals surface area contributed by atoms with Gasteiger partial charge in [0.2, 0.25) is 0 Å². The predicted octanol–water partition coefficient (Wildman–Crippen LogP) is 3.97. The Morgan fingerprint density at radius 2 is 2.09 bits per heavy atom. The van der Waals surface area contributed by atoms with Gasteiger partial charge in [-0.05, 0) is 38.5 Å². The third kappa shape index (κ3) is 4.32. The standard InChI is InChI=1S/C17H18N2O3/c1-5-14(15-6-7-22-10-15)8-16(9-18)11(2)19-17(12(3)20)13(4)21/h5-8,10,20H,1-4H3/b14-5+,16-8-,17-12+,19-11+. The molecule has 1 aromatic rings. The Kier molecular flexibility index (Phi) is 6.09. The van der Waals surface area contributed by atoms with Crippen LogP contribution in [0.3, 0.4) is 0 Å². The molecule has 0 radical (unpaired) electrons. The van der Waals surface area contributed by atoms with Crippen LogP contribution in [0.2, 0.25) is 0 Å². The van der Waals surface area contributed by atoms with Crippen LogP contribution >= 0.6 is 0 Å². The van der Waals surface area contributed by atoms with E-state index in [0.29, 0.717) is 11.3 Å². The molecule has 1 heterocycles. The molecule has 0 unspecified atom stereocenters. The summed E-state index contributed by atoms with van der Waals surface area (Å²) in [7, 11) is 0. The lowest BCUT2D eigenvalue weighted by atomic mass is 10.0. The molecular weight excluding hydrogens is 280 g/mol. The van der Waals surface area contributed by atoms with Crippen molar-refractivity contribution in [3.63, 3.8) is 0 Å². The summed E-state index contributed by atoms with van der Waals surface area (Å²) in [4.78, 5) is 15.5. The van der Waals surface area contributed by atoms with Gasteiger partial charge in [-0.3, -0.25) is 4.79 Å². The summed E-state index contributed by atoms with van der Waals surface area (Å²) >= 11 is 0. The minimum atomic E-state index is -0.363. The summed E-state index contributed by atoms with van der Waals surface area (Å²) in [6.07, 6.45) is 6.63. The number of Topliss-reactive ketones (excluding diaryl/α,β-unsaturated/α-hetero) is 1. The van der Waals surface area contributed by atoms with Gasteiger partial charge in [-0.15, -0.1) is 0 Å². The smallest absolute Gasteiger partial charge is 0.181 e. The van der Waals surface area contributed by atoms with Gasteiger partial charge in [-0.2, -0.15) is 5.26 Å². The fourth-order valence-corrected chi connectivity index (χ4v) is 1.78. The molecule has 0 bridgehead atoms. The van der Waals surface area contributed by atoms with Gasteiger partial charge in [0.1, 0.15) is 17.5 Å². The Bertz CT molecular complexity index is 708. The first-order chi connectivity index (χ1) is 10.4. The SMILES string of the molecule is C\C=C(/C=C(C#N)\C(C)=N\C(C(C)=O)=C(/C)O)c1ccoc1. The van der Waals surface area contributed by atoms with Crippen LogP contribution in [0.4, 0.5) is 0 Å². The second kappa shape index (κ2) is 7.79. The highest BCUT2D eigenvalue weighted by Gasteiger charge is 2.10. The molecule has 5 heteroatoms. The first kappa shape index (κ1) is 17.2. The normalized spacial score (nSPS) is 14.4. The number of aliphatic imine (C=N–C) groups is 1. The van der Waals surface area contributed by atoms with E-state index in [1.807, 2.05) is 13.0 Å². The molecule has 0 aliphatic rings. The van der Waals surface area contributed by atoms with E-state index in [0.717, 1.165) is 11.1 Å². The number of hydrogen-bond acceptors (Lipinski definition) is 5. The average Bonchev–Trinajstić information content (AvgIpc) is 2.99. The second-order valence-electron chi connectivity index (χ2n) is 4.61. The highest BCUT2D eigenvalue weighted by atomic mass is 16.3. The molecule has 0 saturated carbocycles. The Morgan fingerprint density at radius 3 is 2.50 bits per heavy atom. The van der Waals surface area contributed by atoms with E-state index in [1.54, 1.807) is 31.6 Å². The molecule has 1 N–H and O–H groups in total. The number of allylic oxidation sites excluding steroid dienone is 6. The fourth-order valence-electron chi connectivity index (χ4n) is 1.78. The monoisotopic (exact) mass is 298 g/mol. The van der Waals surface area contributed by atoms with Crippen molar-refractivity contribution in [2.75, 3.05) is 0 Å². The summed E-state index contributed by atoms with van der Waals surface area (Å²) in [6, 6.07) is 3.84. The van der Waals surface area contributed by atoms with E-state index < -0.39 is 0 Å². The molecule has 1 aromatic heterocycles. The van der Waals surface area contributed by atoms with Crippen molar-refractivity contribution in [3.05, 3.63) is 53.3 Å². The molecule has 0 amide bonds. The minimum Gasteiger partial charge on any atom is -0.510 e. The molecule has 0 spiro atoms. The highest BCUT2D eigenvalue weighted by Crippen LogP contribution is 2.19. The first-order valence-electron chi connectivity index (χ1n) is 6.67. The molecule has 5 nitrogen and oxygen atoms in total. The number of nitrogens with zero attached hydrogens (tertiary/aromatic N) is 2. The lowest BCUT2D eigenvalue weighted by Gasteiger charge is -2.03. The number of nitriles is 1.